The summed E-state index contributed by atoms with van der Waals surface area (Å²) in [5.74, 6) is -0.361. The third-order valence-corrected chi connectivity index (χ3v) is 3.10. The van der Waals surface area contributed by atoms with E-state index in [1.165, 1.54) is 0 Å². The summed E-state index contributed by atoms with van der Waals surface area (Å²) in [5, 5.41) is 12.1. The molecule has 0 saturated carbocycles. The summed E-state index contributed by atoms with van der Waals surface area (Å²) in [6, 6.07) is 4.95. The molecule has 0 spiro atoms. The van der Waals surface area contributed by atoms with Gasteiger partial charge < -0.3 is 15.2 Å². The van der Waals surface area contributed by atoms with Crippen LogP contribution < -0.4 is 5.32 Å². The zero-order chi connectivity index (χ0) is 14.3. The van der Waals surface area contributed by atoms with Gasteiger partial charge in [0.2, 0.25) is 0 Å². The number of benzene rings is 1. The van der Waals surface area contributed by atoms with Crippen LogP contribution >= 0.6 is 15.9 Å². The van der Waals surface area contributed by atoms with Crippen LogP contribution in [-0.4, -0.2) is 30.8 Å². The monoisotopic (exact) mass is 329 g/mol. The number of hydrogen-bond acceptors (Lipinski definition) is 3. The van der Waals surface area contributed by atoms with Crippen molar-refractivity contribution < 1.29 is 14.6 Å². The molecule has 0 radical (unpaired) electrons. The van der Waals surface area contributed by atoms with Gasteiger partial charge in [0, 0.05) is 29.9 Å². The van der Waals surface area contributed by atoms with E-state index < -0.39 is 5.97 Å². The summed E-state index contributed by atoms with van der Waals surface area (Å²) in [7, 11) is 0. The van der Waals surface area contributed by atoms with Gasteiger partial charge >= 0.3 is 5.97 Å². The number of carbonyl (C=O) groups is 1. The Bertz CT molecular complexity index is 421. The summed E-state index contributed by atoms with van der Waals surface area (Å²) < 4.78 is 6.24. The van der Waals surface area contributed by atoms with Crippen molar-refractivity contribution in [1.29, 1.82) is 0 Å². The number of anilines is 1. The van der Waals surface area contributed by atoms with Crippen LogP contribution in [0.1, 0.15) is 30.6 Å². The van der Waals surface area contributed by atoms with Crippen LogP contribution in [0.5, 0.6) is 0 Å². The molecule has 106 valence electrons. The van der Waals surface area contributed by atoms with Crippen molar-refractivity contribution >= 4 is 27.6 Å². The highest BCUT2D eigenvalue weighted by molar-refractivity contribution is 9.10. The van der Waals surface area contributed by atoms with Crippen LogP contribution in [0.3, 0.4) is 0 Å². The highest BCUT2D eigenvalue weighted by atomic mass is 79.9. The smallest absolute Gasteiger partial charge is 0.335 e. The Labute approximate surface area is 122 Å². The second kappa shape index (κ2) is 8.17. The molecule has 0 saturated heterocycles. The Balaban J connectivity index is 2.32. The molecule has 19 heavy (non-hydrogen) atoms. The highest BCUT2D eigenvalue weighted by Gasteiger charge is 2.06. The summed E-state index contributed by atoms with van der Waals surface area (Å²) in [6.07, 6.45) is 0.917. The van der Waals surface area contributed by atoms with E-state index in [2.05, 4.69) is 35.1 Å². The van der Waals surface area contributed by atoms with Crippen molar-refractivity contribution in [3.05, 3.63) is 28.2 Å². The predicted molar refractivity (Wildman–Crippen MR) is 79.9 cm³/mol. The maximum Gasteiger partial charge on any atom is 0.335 e. The van der Waals surface area contributed by atoms with Gasteiger partial charge in [-0.15, -0.1) is 0 Å². The quantitative estimate of drug-likeness (QED) is 0.715. The van der Waals surface area contributed by atoms with Gasteiger partial charge in [-0.25, -0.2) is 4.79 Å². The lowest BCUT2D eigenvalue weighted by molar-refractivity contribution is 0.0697. The molecule has 0 unspecified atom stereocenters. The molecule has 2 N–H and O–H groups in total. The van der Waals surface area contributed by atoms with Crippen molar-refractivity contribution in [2.75, 3.05) is 25.1 Å². The average molecular weight is 330 g/mol. The number of aromatic carboxylic acids is 1. The molecular formula is C14H20BrNO3. The first-order valence-electron chi connectivity index (χ1n) is 6.35. The van der Waals surface area contributed by atoms with E-state index in [9.17, 15) is 4.79 Å². The number of carboxylic acid groups (broad SMARTS) is 1. The van der Waals surface area contributed by atoms with Crippen molar-refractivity contribution in [2.45, 2.75) is 20.3 Å². The molecule has 0 amide bonds. The van der Waals surface area contributed by atoms with E-state index in [1.54, 1.807) is 18.2 Å². The van der Waals surface area contributed by atoms with Gasteiger partial charge in [0.25, 0.3) is 0 Å². The number of ether oxygens (including phenoxy) is 1. The number of halogens is 1. The number of carboxylic acids is 1. The third kappa shape index (κ3) is 6.07. The average Bonchev–Trinajstić information content (AvgIpc) is 2.34. The fourth-order valence-electron chi connectivity index (χ4n) is 1.51. The molecule has 0 aliphatic rings. The topological polar surface area (TPSA) is 58.6 Å². The van der Waals surface area contributed by atoms with Gasteiger partial charge in [0.1, 0.15) is 0 Å². The summed E-state index contributed by atoms with van der Waals surface area (Å²) in [5.41, 5.74) is 1.17. The Morgan fingerprint density at radius 2 is 2.21 bits per heavy atom. The molecule has 0 bridgehead atoms. The van der Waals surface area contributed by atoms with E-state index >= 15 is 0 Å². The zero-order valence-electron chi connectivity index (χ0n) is 11.3. The second-order valence-corrected chi connectivity index (χ2v) is 5.60. The van der Waals surface area contributed by atoms with Gasteiger partial charge in [0.05, 0.1) is 5.56 Å². The zero-order valence-corrected chi connectivity index (χ0v) is 12.9. The van der Waals surface area contributed by atoms with Gasteiger partial charge in [-0.3, -0.25) is 0 Å². The van der Waals surface area contributed by atoms with Crippen molar-refractivity contribution in [3.63, 3.8) is 0 Å². The van der Waals surface area contributed by atoms with E-state index in [0.29, 0.717) is 5.92 Å². The molecule has 0 heterocycles. The normalized spacial score (nSPS) is 10.7. The first-order valence-corrected chi connectivity index (χ1v) is 7.14. The van der Waals surface area contributed by atoms with Crippen molar-refractivity contribution in [2.24, 2.45) is 5.92 Å². The second-order valence-electron chi connectivity index (χ2n) is 4.75. The number of nitrogens with one attached hydrogen (secondary N) is 1. The maximum atomic E-state index is 10.8. The van der Waals surface area contributed by atoms with Crippen LogP contribution in [0, 0.1) is 5.92 Å². The Kier molecular flexibility index (Phi) is 6.87. The van der Waals surface area contributed by atoms with Gasteiger partial charge in [0.15, 0.2) is 0 Å². The van der Waals surface area contributed by atoms with Crippen molar-refractivity contribution in [1.82, 2.24) is 0 Å². The molecule has 0 aromatic heterocycles. The van der Waals surface area contributed by atoms with Gasteiger partial charge in [-0.05, 0) is 46.5 Å². The van der Waals surface area contributed by atoms with Crippen LogP contribution in [0.15, 0.2) is 22.7 Å². The minimum atomic E-state index is -0.922. The molecule has 1 aromatic rings. The first kappa shape index (κ1) is 16.0. The van der Waals surface area contributed by atoms with Gasteiger partial charge in [-0.1, -0.05) is 13.8 Å². The van der Waals surface area contributed by atoms with E-state index in [4.69, 9.17) is 9.84 Å². The highest BCUT2D eigenvalue weighted by Crippen LogP contribution is 2.23. The van der Waals surface area contributed by atoms with Crippen molar-refractivity contribution in [3.8, 4) is 0 Å². The molecular weight excluding hydrogens is 310 g/mol. The lowest BCUT2D eigenvalue weighted by Crippen LogP contribution is -2.09. The predicted octanol–water partition coefficient (Wildman–Crippen LogP) is 3.62. The summed E-state index contributed by atoms with van der Waals surface area (Å²) in [6.45, 7) is 6.56. The molecule has 0 aliphatic heterocycles. The van der Waals surface area contributed by atoms with Crippen LogP contribution in [-0.2, 0) is 4.74 Å². The third-order valence-electron chi connectivity index (χ3n) is 2.45. The van der Waals surface area contributed by atoms with E-state index in [0.717, 1.165) is 36.3 Å². The van der Waals surface area contributed by atoms with Crippen LogP contribution in [0.4, 0.5) is 5.69 Å². The summed E-state index contributed by atoms with van der Waals surface area (Å²) in [4.78, 5) is 10.8. The van der Waals surface area contributed by atoms with Crippen LogP contribution in [0.25, 0.3) is 0 Å². The van der Waals surface area contributed by atoms with E-state index in [-0.39, 0.29) is 5.56 Å². The number of rotatable bonds is 8. The molecule has 4 nitrogen and oxygen atoms in total. The summed E-state index contributed by atoms with van der Waals surface area (Å²) >= 11 is 3.36. The fraction of sp³-hybridized carbons (Fsp3) is 0.500. The molecule has 5 heteroatoms. The molecule has 0 aliphatic carbocycles. The number of hydrogen-bond donors (Lipinski definition) is 2. The molecule has 1 aromatic carbocycles. The minimum Gasteiger partial charge on any atom is -0.478 e. The van der Waals surface area contributed by atoms with E-state index in [1.807, 2.05) is 0 Å². The Morgan fingerprint density at radius 3 is 2.79 bits per heavy atom. The molecule has 0 atom stereocenters. The Hall–Kier alpha value is -1.07. The minimum absolute atomic E-state index is 0.276. The van der Waals surface area contributed by atoms with Gasteiger partial charge in [-0.2, -0.15) is 0 Å². The lowest BCUT2D eigenvalue weighted by atomic mass is 10.2. The van der Waals surface area contributed by atoms with Crippen LogP contribution in [0.2, 0.25) is 0 Å². The molecule has 1 rings (SSSR count). The maximum absolute atomic E-state index is 10.8. The SMILES string of the molecule is CC(C)COCCCNc1ccc(C(=O)O)cc1Br. The largest absolute Gasteiger partial charge is 0.478 e. The molecule has 0 fully saturated rings. The standard InChI is InChI=1S/C14H20BrNO3/c1-10(2)9-19-7-3-6-16-13-5-4-11(14(17)18)8-12(13)15/h4-5,8,10,16H,3,6-7,9H2,1-2H3,(H,17,18). The first-order chi connectivity index (χ1) is 9.00. The Morgan fingerprint density at radius 1 is 1.47 bits per heavy atom. The lowest BCUT2D eigenvalue weighted by Gasteiger charge is -2.10. The fourth-order valence-corrected chi connectivity index (χ4v) is 2.03.